The highest BCUT2D eigenvalue weighted by molar-refractivity contribution is 6.05. The first-order valence-corrected chi connectivity index (χ1v) is 17.8. The molecule has 0 amide bonds. The topological polar surface area (TPSA) is 38.7 Å². The molecule has 244 valence electrons. The number of aromatic nitrogens is 3. The number of fused-ring (bicyclic) bond motifs is 5. The minimum Gasteiger partial charge on any atom is -0.264 e. The first kappa shape index (κ1) is 30.1. The molecule has 0 fully saturated rings. The van der Waals surface area contributed by atoms with E-state index in [1.165, 1.54) is 44.3 Å². The van der Waals surface area contributed by atoms with Crippen LogP contribution >= 0.6 is 0 Å². The average Bonchev–Trinajstić information content (AvgIpc) is 3.48. The molecule has 3 heteroatoms. The fourth-order valence-electron chi connectivity index (χ4n) is 8.21. The van der Waals surface area contributed by atoms with Gasteiger partial charge in [-0.1, -0.05) is 146 Å². The summed E-state index contributed by atoms with van der Waals surface area (Å²) < 4.78 is 0. The number of pyridine rings is 1. The molecule has 52 heavy (non-hydrogen) atoms. The molecule has 7 aromatic carbocycles. The lowest BCUT2D eigenvalue weighted by atomic mass is 9.74. The Bertz CT molecular complexity index is 2810. The zero-order valence-corrected chi connectivity index (χ0v) is 28.7. The molecule has 1 aliphatic rings. The predicted molar refractivity (Wildman–Crippen MR) is 214 cm³/mol. The van der Waals surface area contributed by atoms with Crippen molar-refractivity contribution in [3.8, 4) is 56.2 Å². The van der Waals surface area contributed by atoms with Crippen LogP contribution in [0.25, 0.3) is 77.7 Å². The third kappa shape index (κ3) is 4.78. The Hall–Kier alpha value is -6.71. The van der Waals surface area contributed by atoms with Crippen LogP contribution in [0.15, 0.2) is 182 Å². The number of hydrogen-bond donors (Lipinski definition) is 0. The lowest BCUT2D eigenvalue weighted by molar-refractivity contribution is 0.714. The van der Waals surface area contributed by atoms with Crippen LogP contribution in [0.3, 0.4) is 0 Å². The molecule has 0 radical (unpaired) electrons. The summed E-state index contributed by atoms with van der Waals surface area (Å²) in [5.41, 5.74) is 13.6. The van der Waals surface area contributed by atoms with Crippen molar-refractivity contribution in [2.75, 3.05) is 0 Å². The van der Waals surface area contributed by atoms with Crippen molar-refractivity contribution in [3.05, 3.63) is 199 Å². The molecule has 0 spiro atoms. The second kappa shape index (κ2) is 12.0. The third-order valence-electron chi connectivity index (χ3n) is 10.9. The monoisotopic (exact) mass is 663 g/mol. The maximum absolute atomic E-state index is 5.21. The molecule has 0 aliphatic heterocycles. The molecule has 0 saturated heterocycles. The van der Waals surface area contributed by atoms with Crippen molar-refractivity contribution >= 4 is 21.5 Å². The molecule has 2 aromatic heterocycles. The molecule has 0 N–H and O–H groups in total. The van der Waals surface area contributed by atoms with Gasteiger partial charge in [-0.3, -0.25) is 4.98 Å². The summed E-state index contributed by atoms with van der Waals surface area (Å²) in [5.74, 6) is 0.700. The molecule has 1 aliphatic carbocycles. The molecule has 3 nitrogen and oxygen atoms in total. The Kier molecular flexibility index (Phi) is 6.94. The smallest absolute Gasteiger partial charge is 0.160 e. The Morgan fingerprint density at radius 1 is 0.423 bits per heavy atom. The van der Waals surface area contributed by atoms with Crippen LogP contribution in [0.5, 0.6) is 0 Å². The highest BCUT2D eigenvalue weighted by Crippen LogP contribution is 2.53. The lowest BCUT2D eigenvalue weighted by Gasteiger charge is -2.28. The lowest BCUT2D eigenvalue weighted by Crippen LogP contribution is -2.22. The molecule has 2 heterocycles. The Morgan fingerprint density at radius 2 is 1.08 bits per heavy atom. The van der Waals surface area contributed by atoms with Crippen molar-refractivity contribution < 1.29 is 0 Å². The Balaban J connectivity index is 1.15. The Morgan fingerprint density at radius 3 is 1.92 bits per heavy atom. The van der Waals surface area contributed by atoms with Crippen molar-refractivity contribution in [1.82, 2.24) is 15.0 Å². The zero-order chi connectivity index (χ0) is 34.6. The van der Waals surface area contributed by atoms with Crippen LogP contribution in [0, 0.1) is 0 Å². The molecule has 1 atom stereocenters. The van der Waals surface area contributed by atoms with Gasteiger partial charge >= 0.3 is 0 Å². The van der Waals surface area contributed by atoms with E-state index in [1.807, 2.05) is 36.7 Å². The number of benzene rings is 7. The van der Waals surface area contributed by atoms with Crippen LogP contribution in [0.1, 0.15) is 23.6 Å². The van der Waals surface area contributed by atoms with Gasteiger partial charge in [-0.25, -0.2) is 9.97 Å². The van der Waals surface area contributed by atoms with Gasteiger partial charge in [0.15, 0.2) is 5.82 Å². The van der Waals surface area contributed by atoms with Crippen molar-refractivity contribution in [3.63, 3.8) is 0 Å². The summed E-state index contributed by atoms with van der Waals surface area (Å²) in [6, 6.07) is 60.9. The zero-order valence-electron chi connectivity index (χ0n) is 28.7. The van der Waals surface area contributed by atoms with E-state index >= 15 is 0 Å². The maximum Gasteiger partial charge on any atom is 0.160 e. The van der Waals surface area contributed by atoms with Gasteiger partial charge in [-0.15, -0.1) is 0 Å². The van der Waals surface area contributed by atoms with E-state index in [0.29, 0.717) is 5.82 Å². The van der Waals surface area contributed by atoms with Crippen LogP contribution in [0.2, 0.25) is 0 Å². The molecule has 0 saturated carbocycles. The van der Waals surface area contributed by atoms with Crippen LogP contribution in [-0.2, 0) is 5.41 Å². The van der Waals surface area contributed by atoms with Gasteiger partial charge in [-0.05, 0) is 86.3 Å². The van der Waals surface area contributed by atoms with Crippen LogP contribution in [-0.4, -0.2) is 15.0 Å². The summed E-state index contributed by atoms with van der Waals surface area (Å²) in [4.78, 5) is 14.7. The third-order valence-corrected chi connectivity index (χ3v) is 10.9. The SMILES string of the molecule is CC1(c2ccccc2)c2ccccc2-c2ccc(-c3ccc(-c4cc(-c5ccc6ccncc6c5)nc(-c5ccccc5)n4)c4ccccc34)cc21. The van der Waals surface area contributed by atoms with E-state index < -0.39 is 0 Å². The summed E-state index contributed by atoms with van der Waals surface area (Å²) in [5, 5.41) is 4.57. The quantitative estimate of drug-likeness (QED) is 0.184. The maximum atomic E-state index is 5.21. The number of hydrogen-bond acceptors (Lipinski definition) is 3. The second-order valence-corrected chi connectivity index (χ2v) is 13.8. The van der Waals surface area contributed by atoms with E-state index in [-0.39, 0.29) is 5.41 Å². The van der Waals surface area contributed by atoms with E-state index in [2.05, 4.69) is 158 Å². The summed E-state index contributed by atoms with van der Waals surface area (Å²) in [7, 11) is 0. The molecular formula is C49H33N3. The van der Waals surface area contributed by atoms with Gasteiger partial charge in [0.05, 0.1) is 11.4 Å². The molecule has 10 rings (SSSR count). The van der Waals surface area contributed by atoms with Gasteiger partial charge in [0.2, 0.25) is 0 Å². The van der Waals surface area contributed by atoms with Crippen LogP contribution < -0.4 is 0 Å². The van der Waals surface area contributed by atoms with Crippen molar-refractivity contribution in [2.45, 2.75) is 12.3 Å². The standard InChI is InChI=1S/C49H33N3/c1-49(37-14-6-3-7-15-37)44-19-11-10-18-41(44)42-23-22-34(29-45(42)49)38-24-25-43(40-17-9-8-16-39(38)40)47-30-46(51-48(52-47)33-12-4-2-5-13-33)35-21-20-32-26-27-50-31-36(32)28-35/h2-31H,1H3. The fraction of sp³-hybridized carbons (Fsp3) is 0.0408. The van der Waals surface area contributed by atoms with Crippen molar-refractivity contribution in [1.29, 1.82) is 0 Å². The highest BCUT2D eigenvalue weighted by atomic mass is 14.9. The van der Waals surface area contributed by atoms with Crippen molar-refractivity contribution in [2.24, 2.45) is 0 Å². The predicted octanol–water partition coefficient (Wildman–Crippen LogP) is 12.2. The first-order valence-electron chi connectivity index (χ1n) is 17.8. The van der Waals surface area contributed by atoms with E-state index in [1.54, 1.807) is 0 Å². The highest BCUT2D eigenvalue weighted by Gasteiger charge is 2.40. The first-order chi connectivity index (χ1) is 25.6. The molecule has 0 bridgehead atoms. The van der Waals surface area contributed by atoms with Gasteiger partial charge in [-0.2, -0.15) is 0 Å². The Labute approximate surface area is 303 Å². The van der Waals surface area contributed by atoms with Gasteiger partial charge in [0.25, 0.3) is 0 Å². The average molecular weight is 664 g/mol. The number of nitrogens with zero attached hydrogens (tertiary/aromatic N) is 3. The summed E-state index contributed by atoms with van der Waals surface area (Å²) in [6.45, 7) is 2.38. The largest absolute Gasteiger partial charge is 0.264 e. The molecule has 1 unspecified atom stereocenters. The molecule has 9 aromatic rings. The van der Waals surface area contributed by atoms with Gasteiger partial charge < -0.3 is 0 Å². The minimum absolute atomic E-state index is 0.261. The van der Waals surface area contributed by atoms with Gasteiger partial charge in [0, 0.05) is 39.9 Å². The second-order valence-electron chi connectivity index (χ2n) is 13.8. The van der Waals surface area contributed by atoms with E-state index in [4.69, 9.17) is 9.97 Å². The van der Waals surface area contributed by atoms with Crippen LogP contribution in [0.4, 0.5) is 0 Å². The van der Waals surface area contributed by atoms with E-state index in [9.17, 15) is 0 Å². The summed E-state index contributed by atoms with van der Waals surface area (Å²) >= 11 is 0. The number of rotatable bonds is 5. The summed E-state index contributed by atoms with van der Waals surface area (Å²) in [6.07, 6.45) is 3.74. The normalized spacial score (nSPS) is 14.7. The minimum atomic E-state index is -0.261. The fourth-order valence-corrected chi connectivity index (χ4v) is 8.21. The molecular weight excluding hydrogens is 631 g/mol. The van der Waals surface area contributed by atoms with Gasteiger partial charge in [0.1, 0.15) is 0 Å². The van der Waals surface area contributed by atoms with E-state index in [0.717, 1.165) is 44.2 Å².